The summed E-state index contributed by atoms with van der Waals surface area (Å²) in [5.41, 5.74) is 0.725. The second-order valence-corrected chi connectivity index (χ2v) is 6.62. The fourth-order valence-corrected chi connectivity index (χ4v) is 2.93. The van der Waals surface area contributed by atoms with Crippen LogP contribution in [0.3, 0.4) is 0 Å². The third-order valence-electron chi connectivity index (χ3n) is 4.33. The Morgan fingerprint density at radius 2 is 1.81 bits per heavy atom. The van der Waals surface area contributed by atoms with Crippen LogP contribution in [-0.2, 0) is 10.7 Å². The van der Waals surface area contributed by atoms with Crippen LogP contribution >= 0.6 is 11.6 Å². The standard InChI is InChI=1S/C19H25ClF2N4O/c1-3-8-23-17(25-9-11-26(12-10-25)18(27)13-20)14-24-16-6-4-15(5-7-16)19(2,21)22/h3-8,24H,9-14H2,1-2H3/b8-3-,23-17?. The average Bonchev–Trinajstić information content (AvgIpc) is 2.67. The molecule has 0 bridgehead atoms. The Morgan fingerprint density at radius 1 is 1.22 bits per heavy atom. The van der Waals surface area contributed by atoms with Gasteiger partial charge in [0.1, 0.15) is 11.7 Å². The second-order valence-electron chi connectivity index (χ2n) is 6.35. The number of amides is 1. The maximum absolute atomic E-state index is 13.3. The molecule has 0 radical (unpaired) electrons. The van der Waals surface area contributed by atoms with Crippen molar-refractivity contribution in [1.82, 2.24) is 9.80 Å². The minimum Gasteiger partial charge on any atom is -0.378 e. The summed E-state index contributed by atoms with van der Waals surface area (Å²) in [5, 5.41) is 3.22. The Balaban J connectivity index is 1.98. The van der Waals surface area contributed by atoms with Crippen molar-refractivity contribution in [3.63, 3.8) is 0 Å². The Hall–Kier alpha value is -2.15. The number of alkyl halides is 3. The zero-order chi connectivity index (χ0) is 19.9. The highest BCUT2D eigenvalue weighted by atomic mass is 35.5. The first-order valence-corrected chi connectivity index (χ1v) is 9.37. The van der Waals surface area contributed by atoms with E-state index in [0.29, 0.717) is 32.7 Å². The number of aliphatic imine (C=N–C) groups is 1. The lowest BCUT2D eigenvalue weighted by molar-refractivity contribution is -0.129. The zero-order valence-electron chi connectivity index (χ0n) is 15.6. The summed E-state index contributed by atoms with van der Waals surface area (Å²) in [7, 11) is 0. The molecule has 27 heavy (non-hydrogen) atoms. The molecular formula is C19H25ClF2N4O. The molecule has 1 aliphatic rings. The van der Waals surface area contributed by atoms with Gasteiger partial charge in [0.25, 0.3) is 5.92 Å². The van der Waals surface area contributed by atoms with E-state index in [4.69, 9.17) is 11.6 Å². The van der Waals surface area contributed by atoms with E-state index in [1.165, 1.54) is 12.1 Å². The number of halogens is 3. The summed E-state index contributed by atoms with van der Waals surface area (Å²) in [6, 6.07) is 6.11. The Kier molecular flexibility index (Phi) is 7.59. The predicted molar refractivity (Wildman–Crippen MR) is 106 cm³/mol. The van der Waals surface area contributed by atoms with Crippen molar-refractivity contribution in [2.45, 2.75) is 19.8 Å². The number of hydrogen-bond acceptors (Lipinski definition) is 3. The molecule has 1 aromatic rings. The maximum Gasteiger partial charge on any atom is 0.270 e. The molecule has 0 aliphatic carbocycles. The number of rotatable bonds is 6. The molecule has 8 heteroatoms. The monoisotopic (exact) mass is 398 g/mol. The van der Waals surface area contributed by atoms with Crippen molar-refractivity contribution in [2.24, 2.45) is 4.99 Å². The van der Waals surface area contributed by atoms with Crippen molar-refractivity contribution in [3.05, 3.63) is 42.1 Å². The Bertz CT molecular complexity index is 678. The first-order chi connectivity index (χ1) is 12.8. The van der Waals surface area contributed by atoms with Crippen LogP contribution in [0.2, 0.25) is 0 Å². The highest BCUT2D eigenvalue weighted by molar-refractivity contribution is 6.27. The first-order valence-electron chi connectivity index (χ1n) is 8.84. The normalized spacial score (nSPS) is 16.1. The quantitative estimate of drug-likeness (QED) is 0.453. The lowest BCUT2D eigenvalue weighted by Crippen LogP contribution is -2.52. The van der Waals surface area contributed by atoms with Crippen molar-refractivity contribution in [3.8, 4) is 0 Å². The van der Waals surface area contributed by atoms with Gasteiger partial charge in [0, 0.05) is 50.6 Å². The van der Waals surface area contributed by atoms with Gasteiger partial charge >= 0.3 is 0 Å². The highest BCUT2D eigenvalue weighted by Crippen LogP contribution is 2.27. The van der Waals surface area contributed by atoms with Crippen LogP contribution in [0.4, 0.5) is 14.5 Å². The van der Waals surface area contributed by atoms with Crippen LogP contribution < -0.4 is 5.32 Å². The molecule has 1 aliphatic heterocycles. The summed E-state index contributed by atoms with van der Waals surface area (Å²) in [5.74, 6) is -2.09. The number of carbonyl (C=O) groups is 1. The molecule has 1 fully saturated rings. The highest BCUT2D eigenvalue weighted by Gasteiger charge is 2.24. The van der Waals surface area contributed by atoms with Crippen molar-refractivity contribution in [2.75, 3.05) is 43.9 Å². The number of piperazine rings is 1. The summed E-state index contributed by atoms with van der Waals surface area (Å²) < 4.78 is 26.6. The molecular weight excluding hydrogens is 374 g/mol. The molecule has 1 amide bonds. The maximum atomic E-state index is 13.3. The molecule has 0 aromatic heterocycles. The fourth-order valence-electron chi connectivity index (χ4n) is 2.76. The largest absolute Gasteiger partial charge is 0.378 e. The molecule has 1 N–H and O–H groups in total. The van der Waals surface area contributed by atoms with E-state index in [2.05, 4.69) is 15.2 Å². The number of hydrogen-bond donors (Lipinski definition) is 1. The van der Waals surface area contributed by atoms with Crippen LogP contribution in [-0.4, -0.2) is 60.1 Å². The minimum atomic E-state index is -2.85. The van der Waals surface area contributed by atoms with Crippen molar-refractivity contribution < 1.29 is 13.6 Å². The summed E-state index contributed by atoms with van der Waals surface area (Å²) in [6.07, 6.45) is 3.55. The SMILES string of the molecule is C/C=C\N=C(CNc1ccc(C(C)(F)F)cc1)N1CCN(C(=O)CCl)CC1. The topological polar surface area (TPSA) is 47.9 Å². The number of nitrogens with zero attached hydrogens (tertiary/aromatic N) is 3. The van der Waals surface area contributed by atoms with Gasteiger partial charge < -0.3 is 15.1 Å². The lowest BCUT2D eigenvalue weighted by Gasteiger charge is -2.36. The summed E-state index contributed by atoms with van der Waals surface area (Å²) in [4.78, 5) is 20.0. The van der Waals surface area contributed by atoms with Gasteiger partial charge in [0.2, 0.25) is 5.91 Å². The summed E-state index contributed by atoms with van der Waals surface area (Å²) >= 11 is 5.61. The number of anilines is 1. The predicted octanol–water partition coefficient (Wildman–Crippen LogP) is 3.53. The van der Waals surface area contributed by atoms with E-state index in [-0.39, 0.29) is 17.4 Å². The number of amidine groups is 1. The minimum absolute atomic E-state index is 0.00608. The van der Waals surface area contributed by atoms with Crippen LogP contribution in [0.25, 0.3) is 0 Å². The second kappa shape index (κ2) is 9.69. The average molecular weight is 399 g/mol. The van der Waals surface area contributed by atoms with Crippen molar-refractivity contribution >= 4 is 29.0 Å². The van der Waals surface area contributed by atoms with Gasteiger partial charge in [-0.3, -0.25) is 4.79 Å². The van der Waals surface area contributed by atoms with Gasteiger partial charge in [0.05, 0.1) is 6.54 Å². The molecule has 0 atom stereocenters. The summed E-state index contributed by atoms with van der Waals surface area (Å²) in [6.45, 7) is 5.75. The lowest BCUT2D eigenvalue weighted by atomic mass is 10.1. The molecule has 1 saturated heterocycles. The van der Waals surface area contributed by atoms with E-state index < -0.39 is 5.92 Å². The molecule has 0 spiro atoms. The first kappa shape index (κ1) is 21.2. The van der Waals surface area contributed by atoms with E-state index >= 15 is 0 Å². The number of nitrogens with one attached hydrogen (secondary N) is 1. The third kappa shape index (κ3) is 6.20. The molecule has 5 nitrogen and oxygen atoms in total. The third-order valence-corrected chi connectivity index (χ3v) is 4.56. The molecule has 2 rings (SSSR count). The Morgan fingerprint density at radius 3 is 2.33 bits per heavy atom. The molecule has 1 heterocycles. The van der Waals surface area contributed by atoms with Crippen LogP contribution in [0.5, 0.6) is 0 Å². The van der Waals surface area contributed by atoms with E-state index in [9.17, 15) is 13.6 Å². The van der Waals surface area contributed by atoms with E-state index in [1.54, 1.807) is 23.2 Å². The molecule has 0 unspecified atom stereocenters. The van der Waals surface area contributed by atoms with Gasteiger partial charge in [-0.05, 0) is 19.1 Å². The Labute approximate surface area is 163 Å². The van der Waals surface area contributed by atoms with Gasteiger partial charge in [-0.2, -0.15) is 0 Å². The van der Waals surface area contributed by atoms with Crippen LogP contribution in [0, 0.1) is 0 Å². The number of benzene rings is 1. The van der Waals surface area contributed by atoms with E-state index in [1.807, 2.05) is 13.0 Å². The van der Waals surface area contributed by atoms with Crippen LogP contribution in [0.15, 0.2) is 41.5 Å². The smallest absolute Gasteiger partial charge is 0.270 e. The molecule has 148 valence electrons. The zero-order valence-corrected chi connectivity index (χ0v) is 16.3. The van der Waals surface area contributed by atoms with Gasteiger partial charge in [-0.1, -0.05) is 18.2 Å². The number of carbonyl (C=O) groups excluding carboxylic acids is 1. The number of allylic oxidation sites excluding steroid dienone is 1. The van der Waals surface area contributed by atoms with E-state index in [0.717, 1.165) is 18.4 Å². The van der Waals surface area contributed by atoms with Gasteiger partial charge in [-0.15, -0.1) is 11.6 Å². The van der Waals surface area contributed by atoms with Crippen molar-refractivity contribution in [1.29, 1.82) is 0 Å². The molecule has 1 aromatic carbocycles. The van der Waals surface area contributed by atoms with Gasteiger partial charge in [-0.25, -0.2) is 13.8 Å². The molecule has 0 saturated carbocycles. The van der Waals surface area contributed by atoms with Crippen LogP contribution in [0.1, 0.15) is 19.4 Å². The van der Waals surface area contributed by atoms with Gasteiger partial charge in [0.15, 0.2) is 0 Å². The fraction of sp³-hybridized carbons (Fsp3) is 0.474.